The number of alkyl carbamates (subject to hydrolysis) is 1. The Morgan fingerprint density at radius 1 is 1.27 bits per heavy atom. The third-order valence-corrected chi connectivity index (χ3v) is 4.16. The SMILES string of the molecule is CCOC(=O)c1cc2ccc(Br)cc2n1C(C)CNC(=O)OC(C)(C)C. The molecule has 0 radical (unpaired) electrons. The minimum atomic E-state index is -0.561. The highest BCUT2D eigenvalue weighted by Crippen LogP contribution is 2.27. The Kier molecular flexibility index (Phi) is 6.34. The average Bonchev–Trinajstić information content (AvgIpc) is 2.90. The number of ether oxygens (including phenoxy) is 2. The second-order valence-electron chi connectivity index (χ2n) is 7.06. The zero-order valence-corrected chi connectivity index (χ0v) is 17.3. The van der Waals surface area contributed by atoms with Crippen LogP contribution in [-0.2, 0) is 9.47 Å². The fourth-order valence-electron chi connectivity index (χ4n) is 2.67. The average molecular weight is 425 g/mol. The van der Waals surface area contributed by atoms with E-state index >= 15 is 0 Å². The van der Waals surface area contributed by atoms with Gasteiger partial charge in [0.1, 0.15) is 11.3 Å². The van der Waals surface area contributed by atoms with Crippen molar-refractivity contribution in [3.63, 3.8) is 0 Å². The van der Waals surface area contributed by atoms with E-state index in [-0.39, 0.29) is 12.0 Å². The van der Waals surface area contributed by atoms with Gasteiger partial charge >= 0.3 is 12.1 Å². The van der Waals surface area contributed by atoms with E-state index in [4.69, 9.17) is 9.47 Å². The van der Waals surface area contributed by atoms with Crippen LogP contribution >= 0.6 is 15.9 Å². The fourth-order valence-corrected chi connectivity index (χ4v) is 3.02. The standard InChI is InChI=1S/C19H25BrN2O4/c1-6-25-17(23)16-9-13-7-8-14(20)10-15(13)22(16)12(2)11-21-18(24)26-19(3,4)5/h7-10,12H,6,11H2,1-5H3,(H,21,24). The Morgan fingerprint density at radius 3 is 2.58 bits per heavy atom. The van der Waals surface area contributed by atoms with Crippen molar-refractivity contribution in [1.82, 2.24) is 9.88 Å². The lowest BCUT2D eigenvalue weighted by molar-refractivity contribution is 0.0512. The number of carbonyl (C=O) groups is 2. The molecule has 26 heavy (non-hydrogen) atoms. The first-order valence-electron chi connectivity index (χ1n) is 8.57. The van der Waals surface area contributed by atoms with E-state index in [0.717, 1.165) is 15.4 Å². The number of nitrogens with one attached hydrogen (secondary N) is 1. The molecule has 1 N–H and O–H groups in total. The molecule has 0 spiro atoms. The maximum Gasteiger partial charge on any atom is 0.407 e. The third kappa shape index (κ3) is 5.00. The second-order valence-corrected chi connectivity index (χ2v) is 7.97. The predicted octanol–water partition coefficient (Wildman–Crippen LogP) is 4.67. The summed E-state index contributed by atoms with van der Waals surface area (Å²) in [6, 6.07) is 7.44. The molecule has 0 aliphatic carbocycles. The van der Waals surface area contributed by atoms with Crippen LogP contribution in [0.3, 0.4) is 0 Å². The number of halogens is 1. The third-order valence-electron chi connectivity index (χ3n) is 3.67. The number of benzene rings is 1. The molecule has 0 bridgehead atoms. The normalized spacial score (nSPS) is 12.7. The van der Waals surface area contributed by atoms with Crippen LogP contribution in [0.25, 0.3) is 10.9 Å². The smallest absolute Gasteiger partial charge is 0.407 e. The molecule has 0 aliphatic heterocycles. The molecule has 1 aromatic heterocycles. The maximum absolute atomic E-state index is 12.4. The van der Waals surface area contributed by atoms with Crippen LogP contribution in [0.2, 0.25) is 0 Å². The molecule has 1 aromatic carbocycles. The Balaban J connectivity index is 2.30. The highest BCUT2D eigenvalue weighted by molar-refractivity contribution is 9.10. The van der Waals surface area contributed by atoms with E-state index < -0.39 is 11.7 Å². The molecule has 142 valence electrons. The summed E-state index contributed by atoms with van der Waals surface area (Å²) in [4.78, 5) is 24.3. The first-order chi connectivity index (χ1) is 12.1. The number of hydrogen-bond donors (Lipinski definition) is 1. The van der Waals surface area contributed by atoms with Crippen molar-refractivity contribution in [2.24, 2.45) is 0 Å². The van der Waals surface area contributed by atoms with Crippen molar-refractivity contribution >= 4 is 38.9 Å². The van der Waals surface area contributed by atoms with E-state index in [9.17, 15) is 9.59 Å². The van der Waals surface area contributed by atoms with Gasteiger partial charge in [0.05, 0.1) is 12.1 Å². The number of hydrogen-bond acceptors (Lipinski definition) is 4. The lowest BCUT2D eigenvalue weighted by atomic mass is 10.2. The van der Waals surface area contributed by atoms with E-state index in [1.54, 1.807) is 6.92 Å². The van der Waals surface area contributed by atoms with Crippen molar-refractivity contribution in [3.05, 3.63) is 34.4 Å². The Morgan fingerprint density at radius 2 is 1.96 bits per heavy atom. The molecule has 1 heterocycles. The number of carbonyl (C=O) groups excluding carboxylic acids is 2. The molecule has 1 amide bonds. The highest BCUT2D eigenvalue weighted by atomic mass is 79.9. The van der Waals surface area contributed by atoms with Crippen LogP contribution in [0.15, 0.2) is 28.7 Å². The number of aromatic nitrogens is 1. The summed E-state index contributed by atoms with van der Waals surface area (Å²) < 4.78 is 13.3. The maximum atomic E-state index is 12.4. The van der Waals surface area contributed by atoms with Gasteiger partial charge in [-0.25, -0.2) is 9.59 Å². The van der Waals surface area contributed by atoms with Crippen LogP contribution in [0.1, 0.15) is 51.1 Å². The van der Waals surface area contributed by atoms with Gasteiger partial charge in [0, 0.05) is 22.4 Å². The molecule has 0 aliphatic rings. The van der Waals surface area contributed by atoms with Gasteiger partial charge in [0.15, 0.2) is 0 Å². The van der Waals surface area contributed by atoms with Gasteiger partial charge in [-0.3, -0.25) is 0 Å². The fraction of sp³-hybridized carbons (Fsp3) is 0.474. The molecule has 1 atom stereocenters. The summed E-state index contributed by atoms with van der Waals surface area (Å²) in [5, 5.41) is 3.69. The van der Waals surface area contributed by atoms with Gasteiger partial charge in [-0.15, -0.1) is 0 Å². The number of nitrogens with zero attached hydrogens (tertiary/aromatic N) is 1. The van der Waals surface area contributed by atoms with Gasteiger partial charge in [-0.05, 0) is 52.8 Å². The van der Waals surface area contributed by atoms with Crippen LogP contribution in [-0.4, -0.2) is 35.4 Å². The number of amides is 1. The Labute approximate surface area is 162 Å². The second kappa shape index (κ2) is 8.12. The summed E-state index contributed by atoms with van der Waals surface area (Å²) in [7, 11) is 0. The summed E-state index contributed by atoms with van der Waals surface area (Å²) in [6.07, 6.45) is -0.486. The minimum absolute atomic E-state index is 0.172. The van der Waals surface area contributed by atoms with Crippen LogP contribution in [0.5, 0.6) is 0 Å². The summed E-state index contributed by atoms with van der Waals surface area (Å²) in [6.45, 7) is 9.76. The number of esters is 1. The summed E-state index contributed by atoms with van der Waals surface area (Å²) >= 11 is 3.47. The first-order valence-corrected chi connectivity index (χ1v) is 9.36. The number of rotatable bonds is 5. The zero-order chi connectivity index (χ0) is 19.5. The van der Waals surface area contributed by atoms with Crippen molar-refractivity contribution in [2.75, 3.05) is 13.2 Å². The summed E-state index contributed by atoms with van der Waals surface area (Å²) in [5.74, 6) is -0.385. The van der Waals surface area contributed by atoms with Gasteiger partial charge in [0.25, 0.3) is 0 Å². The lowest BCUT2D eigenvalue weighted by Crippen LogP contribution is -2.35. The predicted molar refractivity (Wildman–Crippen MR) is 105 cm³/mol. The number of fused-ring (bicyclic) bond motifs is 1. The first kappa shape index (κ1) is 20.3. The molecule has 0 saturated heterocycles. The lowest BCUT2D eigenvalue weighted by Gasteiger charge is -2.22. The quantitative estimate of drug-likeness (QED) is 0.708. The van der Waals surface area contributed by atoms with Crippen molar-refractivity contribution in [3.8, 4) is 0 Å². The highest BCUT2D eigenvalue weighted by Gasteiger charge is 2.22. The van der Waals surface area contributed by atoms with E-state index in [1.807, 2.05) is 56.5 Å². The Hall–Kier alpha value is -2.02. The molecule has 1 unspecified atom stereocenters. The topological polar surface area (TPSA) is 69.6 Å². The van der Waals surface area contributed by atoms with Crippen LogP contribution in [0.4, 0.5) is 4.79 Å². The van der Waals surface area contributed by atoms with E-state index in [1.165, 1.54) is 0 Å². The van der Waals surface area contributed by atoms with Crippen molar-refractivity contribution in [1.29, 1.82) is 0 Å². The zero-order valence-electron chi connectivity index (χ0n) is 15.8. The van der Waals surface area contributed by atoms with Gasteiger partial charge in [-0.1, -0.05) is 22.0 Å². The molecule has 0 saturated carbocycles. The summed E-state index contributed by atoms with van der Waals surface area (Å²) in [5.41, 5.74) is 0.786. The van der Waals surface area contributed by atoms with Crippen LogP contribution in [0, 0.1) is 0 Å². The van der Waals surface area contributed by atoms with Gasteiger partial charge in [0.2, 0.25) is 0 Å². The van der Waals surface area contributed by atoms with E-state index in [2.05, 4.69) is 21.2 Å². The van der Waals surface area contributed by atoms with Crippen molar-refractivity contribution in [2.45, 2.75) is 46.3 Å². The molecule has 6 nitrogen and oxygen atoms in total. The molecule has 7 heteroatoms. The molecule has 2 aromatic rings. The van der Waals surface area contributed by atoms with Crippen LogP contribution < -0.4 is 5.32 Å². The monoisotopic (exact) mass is 424 g/mol. The van der Waals surface area contributed by atoms with E-state index in [0.29, 0.717) is 18.8 Å². The van der Waals surface area contributed by atoms with Crippen molar-refractivity contribution < 1.29 is 19.1 Å². The Bertz CT molecular complexity index is 808. The molecular weight excluding hydrogens is 400 g/mol. The molecule has 0 fully saturated rings. The van der Waals surface area contributed by atoms with Gasteiger partial charge < -0.3 is 19.4 Å². The largest absolute Gasteiger partial charge is 0.461 e. The minimum Gasteiger partial charge on any atom is -0.461 e. The van der Waals surface area contributed by atoms with Gasteiger partial charge in [-0.2, -0.15) is 0 Å². The molecular formula is C19H25BrN2O4. The molecule has 2 rings (SSSR count).